The van der Waals surface area contributed by atoms with Gasteiger partial charge in [-0.25, -0.2) is 0 Å². The van der Waals surface area contributed by atoms with Crippen LogP contribution in [0.25, 0.3) is 0 Å². The first-order valence-electron chi connectivity index (χ1n) is 6.44. The van der Waals surface area contributed by atoms with Crippen LogP contribution in [0.15, 0.2) is 18.2 Å². The molecule has 0 aliphatic carbocycles. The fraction of sp³-hybridized carbons (Fsp3) is 0.571. The van der Waals surface area contributed by atoms with Gasteiger partial charge in [0.1, 0.15) is 0 Å². The van der Waals surface area contributed by atoms with E-state index < -0.39 is 0 Å². The van der Waals surface area contributed by atoms with Crippen molar-refractivity contribution in [2.45, 2.75) is 32.5 Å². The Bertz CT molecular complexity index is 401. The molecule has 100 valence electrons. The first-order chi connectivity index (χ1) is 8.61. The van der Waals surface area contributed by atoms with Crippen LogP contribution in [-0.2, 0) is 6.61 Å². The molecule has 0 aromatic heterocycles. The first kappa shape index (κ1) is 13.7. The Kier molecular flexibility index (Phi) is 4.49. The quantitative estimate of drug-likeness (QED) is 0.886. The van der Waals surface area contributed by atoms with E-state index >= 15 is 0 Å². The molecule has 1 unspecified atom stereocenters. The Hall–Kier alpha value is -0.770. The molecule has 1 saturated heterocycles. The van der Waals surface area contributed by atoms with E-state index in [9.17, 15) is 5.11 Å². The van der Waals surface area contributed by atoms with Gasteiger partial charge in [-0.05, 0) is 43.4 Å². The molecule has 0 radical (unpaired) electrons. The van der Waals surface area contributed by atoms with Gasteiger partial charge in [-0.15, -0.1) is 0 Å². The zero-order valence-electron chi connectivity index (χ0n) is 10.6. The molecule has 1 aliphatic rings. The fourth-order valence-electron chi connectivity index (χ4n) is 2.53. The van der Waals surface area contributed by atoms with Gasteiger partial charge in [0.15, 0.2) is 0 Å². The van der Waals surface area contributed by atoms with E-state index in [0.717, 1.165) is 37.2 Å². The number of aliphatic hydroxyl groups excluding tert-OH is 2. The molecule has 1 aromatic carbocycles. The summed E-state index contributed by atoms with van der Waals surface area (Å²) in [6, 6.07) is 5.69. The van der Waals surface area contributed by atoms with Gasteiger partial charge < -0.3 is 15.1 Å². The van der Waals surface area contributed by atoms with Gasteiger partial charge in [0.2, 0.25) is 0 Å². The third-order valence-corrected chi connectivity index (χ3v) is 4.06. The monoisotopic (exact) mass is 269 g/mol. The molecular formula is C14H20ClNO2. The van der Waals surface area contributed by atoms with Crippen LogP contribution in [0.5, 0.6) is 0 Å². The van der Waals surface area contributed by atoms with E-state index in [1.807, 2.05) is 25.1 Å². The second kappa shape index (κ2) is 5.91. The maximum absolute atomic E-state index is 9.58. The zero-order valence-corrected chi connectivity index (χ0v) is 11.4. The molecule has 0 bridgehead atoms. The molecule has 3 nitrogen and oxygen atoms in total. The van der Waals surface area contributed by atoms with Crippen molar-refractivity contribution >= 4 is 17.3 Å². The Morgan fingerprint density at radius 1 is 1.39 bits per heavy atom. The van der Waals surface area contributed by atoms with E-state index in [2.05, 4.69) is 4.90 Å². The Morgan fingerprint density at radius 3 is 2.56 bits per heavy atom. The number of aliphatic hydroxyl groups is 2. The van der Waals surface area contributed by atoms with E-state index in [1.54, 1.807) is 0 Å². The van der Waals surface area contributed by atoms with Crippen LogP contribution in [0.3, 0.4) is 0 Å². The molecule has 1 aromatic rings. The third kappa shape index (κ3) is 2.97. The number of hydrogen-bond acceptors (Lipinski definition) is 3. The maximum Gasteiger partial charge on any atom is 0.0682 e. The van der Waals surface area contributed by atoms with Gasteiger partial charge in [-0.2, -0.15) is 0 Å². The number of hydrogen-bond donors (Lipinski definition) is 2. The topological polar surface area (TPSA) is 43.7 Å². The fourth-order valence-corrected chi connectivity index (χ4v) is 2.85. The van der Waals surface area contributed by atoms with Crippen LogP contribution in [0.2, 0.25) is 5.02 Å². The minimum Gasteiger partial charge on any atom is -0.393 e. The smallest absolute Gasteiger partial charge is 0.0682 e. The average molecular weight is 270 g/mol. The van der Waals surface area contributed by atoms with Crippen molar-refractivity contribution in [1.29, 1.82) is 0 Å². The van der Waals surface area contributed by atoms with Crippen molar-refractivity contribution in [3.8, 4) is 0 Å². The van der Waals surface area contributed by atoms with Crippen molar-refractivity contribution in [3.05, 3.63) is 28.8 Å². The summed E-state index contributed by atoms with van der Waals surface area (Å²) < 4.78 is 0. The second-order valence-corrected chi connectivity index (χ2v) is 5.42. The number of rotatable bonds is 3. The molecule has 2 rings (SSSR count). The van der Waals surface area contributed by atoms with Gasteiger partial charge in [0.25, 0.3) is 0 Å². The Balaban J connectivity index is 2.05. The molecule has 1 aliphatic heterocycles. The molecule has 1 atom stereocenters. The van der Waals surface area contributed by atoms with Crippen molar-refractivity contribution < 1.29 is 10.2 Å². The van der Waals surface area contributed by atoms with E-state index in [4.69, 9.17) is 16.7 Å². The van der Waals surface area contributed by atoms with Crippen molar-refractivity contribution in [2.75, 3.05) is 18.0 Å². The highest BCUT2D eigenvalue weighted by atomic mass is 35.5. The van der Waals surface area contributed by atoms with E-state index in [-0.39, 0.29) is 12.7 Å². The highest BCUT2D eigenvalue weighted by Gasteiger charge is 2.23. The zero-order chi connectivity index (χ0) is 13.1. The van der Waals surface area contributed by atoms with Crippen LogP contribution >= 0.6 is 11.6 Å². The van der Waals surface area contributed by atoms with Crippen molar-refractivity contribution in [3.63, 3.8) is 0 Å². The molecule has 0 amide bonds. The molecule has 0 saturated carbocycles. The highest BCUT2D eigenvalue weighted by Crippen LogP contribution is 2.31. The van der Waals surface area contributed by atoms with Gasteiger partial charge in [0.05, 0.1) is 23.4 Å². The first-order valence-corrected chi connectivity index (χ1v) is 6.82. The maximum atomic E-state index is 9.58. The van der Waals surface area contributed by atoms with Crippen LogP contribution in [0.1, 0.15) is 25.3 Å². The molecule has 2 N–H and O–H groups in total. The predicted molar refractivity (Wildman–Crippen MR) is 74.0 cm³/mol. The van der Waals surface area contributed by atoms with Gasteiger partial charge in [-0.1, -0.05) is 17.7 Å². The van der Waals surface area contributed by atoms with Crippen LogP contribution in [-0.4, -0.2) is 29.4 Å². The summed E-state index contributed by atoms with van der Waals surface area (Å²) in [5.41, 5.74) is 1.86. The van der Waals surface area contributed by atoms with Crippen molar-refractivity contribution in [1.82, 2.24) is 0 Å². The Labute approximate surface area is 113 Å². The minimum atomic E-state index is -0.223. The van der Waals surface area contributed by atoms with Crippen molar-refractivity contribution in [2.24, 2.45) is 5.92 Å². The molecule has 1 heterocycles. The summed E-state index contributed by atoms with van der Waals surface area (Å²) in [5.74, 6) is 0.400. The molecule has 0 spiro atoms. The lowest BCUT2D eigenvalue weighted by Gasteiger charge is -2.35. The predicted octanol–water partition coefficient (Wildman–Crippen LogP) is 2.43. The molecule has 18 heavy (non-hydrogen) atoms. The van der Waals surface area contributed by atoms with Gasteiger partial charge in [-0.3, -0.25) is 0 Å². The SMILES string of the molecule is CC(O)C1CCN(c2ccc(CO)cc2Cl)CC1. The van der Waals surface area contributed by atoms with Gasteiger partial charge >= 0.3 is 0 Å². The van der Waals surface area contributed by atoms with Crippen LogP contribution in [0, 0.1) is 5.92 Å². The van der Waals surface area contributed by atoms with Crippen LogP contribution in [0.4, 0.5) is 5.69 Å². The lowest BCUT2D eigenvalue weighted by molar-refractivity contribution is 0.110. The lowest BCUT2D eigenvalue weighted by Crippen LogP contribution is -2.37. The van der Waals surface area contributed by atoms with E-state index in [1.165, 1.54) is 0 Å². The summed E-state index contributed by atoms with van der Waals surface area (Å²) in [6.07, 6.45) is 1.77. The summed E-state index contributed by atoms with van der Waals surface area (Å²) in [4.78, 5) is 2.25. The number of benzene rings is 1. The van der Waals surface area contributed by atoms with E-state index in [0.29, 0.717) is 10.9 Å². The standard InChI is InChI=1S/C14H20ClNO2/c1-10(18)12-4-6-16(7-5-12)14-3-2-11(9-17)8-13(14)15/h2-3,8,10,12,17-18H,4-7,9H2,1H3. The average Bonchev–Trinajstić information content (AvgIpc) is 2.38. The number of anilines is 1. The normalized spacial score (nSPS) is 19.0. The minimum absolute atomic E-state index is 0.0180. The molecule has 4 heteroatoms. The number of nitrogens with zero attached hydrogens (tertiary/aromatic N) is 1. The summed E-state index contributed by atoms with van der Waals surface area (Å²) in [6.45, 7) is 3.73. The third-order valence-electron chi connectivity index (χ3n) is 3.76. The molecular weight excluding hydrogens is 250 g/mol. The lowest BCUT2D eigenvalue weighted by atomic mass is 9.92. The molecule has 1 fully saturated rings. The highest BCUT2D eigenvalue weighted by molar-refractivity contribution is 6.33. The Morgan fingerprint density at radius 2 is 2.06 bits per heavy atom. The summed E-state index contributed by atoms with van der Waals surface area (Å²) in [7, 11) is 0. The van der Waals surface area contributed by atoms with Crippen LogP contribution < -0.4 is 4.90 Å². The second-order valence-electron chi connectivity index (χ2n) is 5.01. The summed E-state index contributed by atoms with van der Waals surface area (Å²) >= 11 is 6.24. The number of piperidine rings is 1. The largest absolute Gasteiger partial charge is 0.393 e. The van der Waals surface area contributed by atoms with Gasteiger partial charge in [0, 0.05) is 13.1 Å². The number of halogens is 1. The summed E-state index contributed by atoms with van der Waals surface area (Å²) in [5, 5.41) is 19.3.